The molecule has 1 fully saturated rings. The first kappa shape index (κ1) is 28.1. The van der Waals surface area contributed by atoms with Gasteiger partial charge in [-0.1, -0.05) is 11.2 Å². The molecule has 5 rings (SSSR count). The van der Waals surface area contributed by atoms with Crippen molar-refractivity contribution in [1.29, 1.82) is 0 Å². The first-order valence-electron chi connectivity index (χ1n) is 12.9. The molecule has 1 aromatic carbocycles. The van der Waals surface area contributed by atoms with Crippen LogP contribution in [-0.4, -0.2) is 65.2 Å². The molecular weight excluding hydrogens is 546 g/mol. The summed E-state index contributed by atoms with van der Waals surface area (Å²) in [5.41, 5.74) is -2.44. The second kappa shape index (κ2) is 10.8. The summed E-state index contributed by atoms with van der Waals surface area (Å²) >= 11 is 0. The van der Waals surface area contributed by atoms with Gasteiger partial charge in [0.15, 0.2) is 11.3 Å². The Hall–Kier alpha value is -4.49. The van der Waals surface area contributed by atoms with Crippen LogP contribution in [0.5, 0.6) is 5.75 Å². The largest absolute Gasteiger partial charge is 0.482 e. The van der Waals surface area contributed by atoms with Crippen molar-refractivity contribution in [3.05, 3.63) is 63.1 Å². The van der Waals surface area contributed by atoms with Gasteiger partial charge in [-0.2, -0.15) is 0 Å². The molecule has 1 spiro atoms. The predicted molar refractivity (Wildman–Crippen MR) is 137 cm³/mol. The van der Waals surface area contributed by atoms with Crippen molar-refractivity contribution in [2.75, 3.05) is 20.4 Å². The number of nitrogens with one attached hydrogen (secondary N) is 1. The average molecular weight is 575 g/mol. The Morgan fingerprint density at radius 3 is 2.73 bits per heavy atom. The molecule has 14 heteroatoms. The van der Waals surface area contributed by atoms with Gasteiger partial charge in [-0.05, 0) is 25.8 Å². The minimum absolute atomic E-state index is 0.00438. The number of ether oxygens (including phenoxy) is 3. The number of hydrogen-bond acceptors (Lipinski definition) is 9. The van der Waals surface area contributed by atoms with Crippen LogP contribution in [0.15, 0.2) is 34.3 Å². The van der Waals surface area contributed by atoms with Crippen LogP contribution in [0.25, 0.3) is 0 Å². The lowest BCUT2D eigenvalue weighted by Gasteiger charge is -2.42. The zero-order valence-corrected chi connectivity index (χ0v) is 22.6. The van der Waals surface area contributed by atoms with Gasteiger partial charge in [0.25, 0.3) is 11.8 Å². The van der Waals surface area contributed by atoms with Gasteiger partial charge in [-0.3, -0.25) is 19.2 Å². The summed E-state index contributed by atoms with van der Waals surface area (Å²) in [6.45, 7) is 2.18. The number of nitrogens with zero attached hydrogens (tertiary/aromatic N) is 3. The third-order valence-electron chi connectivity index (χ3n) is 7.67. The van der Waals surface area contributed by atoms with E-state index in [1.807, 2.05) is 6.92 Å². The third kappa shape index (κ3) is 5.09. The van der Waals surface area contributed by atoms with Gasteiger partial charge in [-0.25, -0.2) is 8.78 Å². The van der Waals surface area contributed by atoms with E-state index in [2.05, 4.69) is 10.5 Å². The number of pyridine rings is 1. The molecule has 3 aliphatic heterocycles. The Balaban J connectivity index is 1.60. The van der Waals surface area contributed by atoms with E-state index in [-0.39, 0.29) is 36.8 Å². The highest BCUT2D eigenvalue weighted by atomic mass is 19.1. The lowest BCUT2D eigenvalue weighted by molar-refractivity contribution is -0.147. The normalized spacial score (nSPS) is 22.8. The van der Waals surface area contributed by atoms with Crippen molar-refractivity contribution < 1.29 is 42.2 Å². The average Bonchev–Trinajstić information content (AvgIpc) is 3.31. The van der Waals surface area contributed by atoms with Gasteiger partial charge in [0.2, 0.25) is 23.9 Å². The minimum atomic E-state index is -0.961. The molecule has 0 saturated carbocycles. The van der Waals surface area contributed by atoms with Crippen LogP contribution in [0, 0.1) is 11.6 Å². The Kier molecular flexibility index (Phi) is 7.41. The molecule has 0 aliphatic carbocycles. The van der Waals surface area contributed by atoms with Crippen LogP contribution in [0.1, 0.15) is 65.6 Å². The molecule has 2 aromatic rings. The van der Waals surface area contributed by atoms with Crippen molar-refractivity contribution in [3.63, 3.8) is 0 Å². The van der Waals surface area contributed by atoms with Gasteiger partial charge in [0.05, 0.1) is 19.6 Å². The highest BCUT2D eigenvalue weighted by Crippen LogP contribution is 2.46. The maximum atomic E-state index is 14.2. The number of carbonyl (C=O) groups excluding carboxylic acids is 3. The number of halogens is 2. The fraction of sp³-hybridized carbons (Fsp3) is 0.444. The van der Waals surface area contributed by atoms with Crippen LogP contribution in [0.4, 0.5) is 8.78 Å². The van der Waals surface area contributed by atoms with Crippen LogP contribution >= 0.6 is 0 Å². The molecule has 1 aromatic heterocycles. The smallest absolute Gasteiger partial charge is 0.305 e. The maximum absolute atomic E-state index is 14.2. The number of esters is 1. The number of oxime groups is 1. The van der Waals surface area contributed by atoms with E-state index >= 15 is 0 Å². The summed E-state index contributed by atoms with van der Waals surface area (Å²) in [6.07, 6.45) is 2.58. The first-order chi connectivity index (χ1) is 19.5. The Morgan fingerprint density at radius 1 is 1.27 bits per heavy atom. The minimum Gasteiger partial charge on any atom is -0.482 e. The van der Waals surface area contributed by atoms with Crippen molar-refractivity contribution in [2.45, 2.75) is 57.3 Å². The van der Waals surface area contributed by atoms with Crippen molar-refractivity contribution in [2.24, 2.45) is 5.16 Å². The first-order valence-corrected chi connectivity index (χ1v) is 12.9. The number of amides is 2. The second-order valence-corrected chi connectivity index (χ2v) is 10.2. The van der Waals surface area contributed by atoms with E-state index in [1.165, 1.54) is 23.9 Å². The van der Waals surface area contributed by atoms with E-state index in [0.717, 1.165) is 13.0 Å². The molecular formula is C27H28F2N4O8. The van der Waals surface area contributed by atoms with Gasteiger partial charge >= 0.3 is 5.97 Å². The summed E-state index contributed by atoms with van der Waals surface area (Å²) < 4.78 is 44.7. The fourth-order valence-corrected chi connectivity index (χ4v) is 5.42. The van der Waals surface area contributed by atoms with Gasteiger partial charge in [0.1, 0.15) is 17.2 Å². The molecule has 0 radical (unpaired) electrons. The van der Waals surface area contributed by atoms with E-state index in [4.69, 9.17) is 19.0 Å². The van der Waals surface area contributed by atoms with Gasteiger partial charge in [0, 0.05) is 43.9 Å². The summed E-state index contributed by atoms with van der Waals surface area (Å²) in [4.78, 5) is 59.6. The zero-order chi connectivity index (χ0) is 29.5. The SMILES string of the molecule is COC1=NO[C@@]2(CC[C@H](C)N3C[C@H]2n2cc(C(=O)NCc4ccc(F)cc4F)c(=O)c(OCOC(C)=O)c2C3=O)C1. The number of fused-ring (bicyclic) bond motifs is 5. The van der Waals surface area contributed by atoms with Crippen LogP contribution < -0.4 is 15.5 Å². The van der Waals surface area contributed by atoms with E-state index in [1.54, 1.807) is 4.90 Å². The highest BCUT2D eigenvalue weighted by molar-refractivity contribution is 5.99. The maximum Gasteiger partial charge on any atom is 0.305 e. The van der Waals surface area contributed by atoms with Crippen molar-refractivity contribution >= 4 is 23.7 Å². The molecule has 2 amide bonds. The Morgan fingerprint density at radius 2 is 2.05 bits per heavy atom. The van der Waals surface area contributed by atoms with Crippen LogP contribution in [0.3, 0.4) is 0 Å². The molecule has 1 N–H and O–H groups in total. The van der Waals surface area contributed by atoms with E-state index in [0.29, 0.717) is 24.8 Å². The topological polar surface area (TPSA) is 138 Å². The van der Waals surface area contributed by atoms with E-state index in [9.17, 15) is 28.0 Å². The molecule has 41 heavy (non-hydrogen) atoms. The monoisotopic (exact) mass is 574 g/mol. The molecule has 12 nitrogen and oxygen atoms in total. The Labute approximate surface area is 232 Å². The molecule has 0 unspecified atom stereocenters. The van der Waals surface area contributed by atoms with Crippen LogP contribution in [-0.2, 0) is 25.7 Å². The standard InChI is InChI=1S/C27H28F2N4O8/c1-14-6-7-27(9-21(38-3)31-41-27)20-12-32(14)26(37)22-24(40-13-39-15(2)34)23(35)18(11-33(20)22)25(36)30-10-16-4-5-17(28)8-19(16)29/h4-5,8,11,14,20H,6-7,9-10,12-13H2,1-3H3,(H,30,36)/t14-,20+,27-/m0/s1. The molecule has 3 atom stereocenters. The number of hydrogen-bond donors (Lipinski definition) is 1. The van der Waals surface area contributed by atoms with E-state index < -0.39 is 64.6 Å². The molecule has 218 valence electrons. The predicted octanol–water partition coefficient (Wildman–Crippen LogP) is 2.25. The summed E-state index contributed by atoms with van der Waals surface area (Å²) in [5, 5.41) is 6.53. The summed E-state index contributed by atoms with van der Waals surface area (Å²) in [6, 6.07) is 2.05. The number of benzene rings is 1. The van der Waals surface area contributed by atoms with Crippen molar-refractivity contribution in [1.82, 2.24) is 14.8 Å². The highest BCUT2D eigenvalue weighted by Gasteiger charge is 2.54. The third-order valence-corrected chi connectivity index (χ3v) is 7.67. The molecule has 1 saturated heterocycles. The molecule has 2 bridgehead atoms. The number of rotatable bonds is 6. The number of aromatic nitrogens is 1. The molecule has 3 aliphatic rings. The van der Waals surface area contributed by atoms with Gasteiger partial charge in [-0.15, -0.1) is 0 Å². The lowest BCUT2D eigenvalue weighted by atomic mass is 9.85. The summed E-state index contributed by atoms with van der Waals surface area (Å²) in [5.74, 6) is -3.86. The zero-order valence-electron chi connectivity index (χ0n) is 22.6. The summed E-state index contributed by atoms with van der Waals surface area (Å²) in [7, 11) is 1.47. The number of carbonyl (C=O) groups is 3. The molecule has 4 heterocycles. The lowest BCUT2D eigenvalue weighted by Crippen LogP contribution is -2.52. The number of methoxy groups -OCH3 is 1. The fourth-order valence-electron chi connectivity index (χ4n) is 5.42. The quantitative estimate of drug-likeness (QED) is 0.410. The van der Waals surface area contributed by atoms with Crippen LogP contribution in [0.2, 0.25) is 0 Å². The Bertz CT molecular complexity index is 1510. The van der Waals surface area contributed by atoms with Crippen molar-refractivity contribution in [3.8, 4) is 5.75 Å². The second-order valence-electron chi connectivity index (χ2n) is 10.2. The van der Waals surface area contributed by atoms with Gasteiger partial charge < -0.3 is 33.8 Å².